The van der Waals surface area contributed by atoms with Gasteiger partial charge in [0.05, 0.1) is 6.61 Å². The fourth-order valence-corrected chi connectivity index (χ4v) is 0.625. The van der Waals surface area contributed by atoms with E-state index in [9.17, 15) is 9.59 Å². The van der Waals surface area contributed by atoms with Gasteiger partial charge in [-0.3, -0.25) is 0 Å². The molecule has 0 aromatic heterocycles. The van der Waals surface area contributed by atoms with Crippen LogP contribution in [0.5, 0.6) is 0 Å². The first kappa shape index (κ1) is 15.2. The van der Waals surface area contributed by atoms with Crippen molar-refractivity contribution < 1.29 is 27.0 Å². The molecule has 0 aliphatic carbocycles. The van der Waals surface area contributed by atoms with Gasteiger partial charge in [-0.15, -0.1) is 0 Å². The van der Waals surface area contributed by atoms with Crippen molar-refractivity contribution in [3.05, 3.63) is 0 Å². The molecule has 0 amide bonds. The van der Waals surface area contributed by atoms with Crippen molar-refractivity contribution in [2.45, 2.75) is 20.0 Å². The van der Waals surface area contributed by atoms with Crippen molar-refractivity contribution in [3.63, 3.8) is 0 Å². The molecule has 13 heavy (non-hydrogen) atoms. The summed E-state index contributed by atoms with van der Waals surface area (Å²) in [5.74, 6) is -2.18. The molecule has 0 radical (unpaired) electrons. The first-order chi connectivity index (χ1) is 5.63. The van der Waals surface area contributed by atoms with E-state index in [2.05, 4.69) is 9.47 Å². The molecule has 0 fully saturated rings. The Morgan fingerprint density at radius 1 is 1.38 bits per heavy atom. The topological polar surface area (TPSA) is 72.8 Å². The van der Waals surface area contributed by atoms with Gasteiger partial charge in [0.25, 0.3) is 6.10 Å². The number of esters is 1. The number of carboxylic acid groups (broad SMARTS) is 1. The second-order valence-corrected chi connectivity index (χ2v) is 1.93. The summed E-state index contributed by atoms with van der Waals surface area (Å²) in [6, 6.07) is 0. The third-order valence-electron chi connectivity index (χ3n) is 1.06. The van der Waals surface area contributed by atoms with E-state index in [4.69, 9.17) is 5.11 Å². The molecule has 0 rings (SSSR count). The molecule has 0 aromatic rings. The van der Waals surface area contributed by atoms with E-state index in [1.165, 1.54) is 0 Å². The zero-order valence-electron chi connectivity index (χ0n) is 9.78. The SMILES string of the molecule is CCOC(=O)C(OCC)C(=O)O.[H-].[H-].[Mg+2]. The number of rotatable bonds is 5. The molecule has 74 valence electrons. The van der Waals surface area contributed by atoms with Crippen LogP contribution in [0.2, 0.25) is 0 Å². The molecule has 0 heterocycles. The van der Waals surface area contributed by atoms with Gasteiger partial charge in [0.15, 0.2) is 0 Å². The molecular weight excluding hydrogens is 188 g/mol. The van der Waals surface area contributed by atoms with Gasteiger partial charge >= 0.3 is 35.0 Å². The fourth-order valence-electron chi connectivity index (χ4n) is 0.625. The predicted octanol–water partition coefficient (Wildman–Crippen LogP) is -0.117. The van der Waals surface area contributed by atoms with Crippen LogP contribution in [0.25, 0.3) is 0 Å². The largest absolute Gasteiger partial charge is 2.00 e. The number of ether oxygens (including phenoxy) is 2. The number of carbonyl (C=O) groups is 2. The first-order valence-electron chi connectivity index (χ1n) is 3.64. The molecule has 1 unspecified atom stereocenters. The van der Waals surface area contributed by atoms with Crippen LogP contribution in [-0.4, -0.2) is 59.4 Å². The Labute approximate surface area is 95.5 Å². The molecular formula is C7H14MgO5. The smallest absolute Gasteiger partial charge is 1.00 e. The van der Waals surface area contributed by atoms with Crippen LogP contribution in [0, 0.1) is 0 Å². The van der Waals surface area contributed by atoms with Gasteiger partial charge in [0.1, 0.15) is 0 Å². The van der Waals surface area contributed by atoms with E-state index in [1.807, 2.05) is 0 Å². The summed E-state index contributed by atoms with van der Waals surface area (Å²) < 4.78 is 9.12. The van der Waals surface area contributed by atoms with Crippen LogP contribution in [0.1, 0.15) is 16.7 Å². The minimum absolute atomic E-state index is 0. The van der Waals surface area contributed by atoms with Gasteiger partial charge in [-0.2, -0.15) is 0 Å². The van der Waals surface area contributed by atoms with Gasteiger partial charge < -0.3 is 17.4 Å². The van der Waals surface area contributed by atoms with Gasteiger partial charge in [-0.1, -0.05) is 0 Å². The molecule has 0 saturated carbocycles. The Morgan fingerprint density at radius 2 is 1.92 bits per heavy atom. The van der Waals surface area contributed by atoms with E-state index in [0.29, 0.717) is 0 Å². The van der Waals surface area contributed by atoms with Gasteiger partial charge in [-0.25, -0.2) is 9.59 Å². The van der Waals surface area contributed by atoms with Crippen LogP contribution in [-0.2, 0) is 19.1 Å². The van der Waals surface area contributed by atoms with Crippen molar-refractivity contribution in [1.82, 2.24) is 0 Å². The Kier molecular flexibility index (Phi) is 9.64. The second kappa shape index (κ2) is 8.27. The standard InChI is InChI=1S/C7H12O5.Mg.2H/c1-3-11-5(6(8)9)7(10)12-4-2;;;/h5H,3-4H2,1-2H3,(H,8,9);;;/q;+2;2*-1. The van der Waals surface area contributed by atoms with Crippen molar-refractivity contribution in [3.8, 4) is 0 Å². The van der Waals surface area contributed by atoms with Crippen LogP contribution in [0.4, 0.5) is 0 Å². The average Bonchev–Trinajstić information content (AvgIpc) is 1.99. The van der Waals surface area contributed by atoms with Gasteiger partial charge in [0.2, 0.25) is 0 Å². The summed E-state index contributed by atoms with van der Waals surface area (Å²) in [4.78, 5) is 21.2. The summed E-state index contributed by atoms with van der Waals surface area (Å²) in [5, 5.41) is 8.48. The second-order valence-electron chi connectivity index (χ2n) is 1.93. The summed E-state index contributed by atoms with van der Waals surface area (Å²) in [6.45, 7) is 3.52. The molecule has 6 heteroatoms. The summed E-state index contributed by atoms with van der Waals surface area (Å²) in [7, 11) is 0. The normalized spacial score (nSPS) is 11.2. The van der Waals surface area contributed by atoms with E-state index >= 15 is 0 Å². The zero-order valence-corrected chi connectivity index (χ0v) is 9.19. The molecule has 0 spiro atoms. The maximum Gasteiger partial charge on any atom is 2.00 e. The molecule has 0 saturated heterocycles. The Balaban J connectivity index is -0.000000202. The number of hydrogen-bond acceptors (Lipinski definition) is 4. The average molecular weight is 202 g/mol. The number of carbonyl (C=O) groups excluding carboxylic acids is 1. The summed E-state index contributed by atoms with van der Waals surface area (Å²) >= 11 is 0. The van der Waals surface area contributed by atoms with Crippen LogP contribution < -0.4 is 0 Å². The quantitative estimate of drug-likeness (QED) is 0.382. The third kappa shape index (κ3) is 5.84. The van der Waals surface area contributed by atoms with E-state index in [0.717, 1.165) is 0 Å². The molecule has 0 aliphatic rings. The maximum absolute atomic E-state index is 10.8. The van der Waals surface area contributed by atoms with E-state index in [1.54, 1.807) is 13.8 Å². The maximum atomic E-state index is 10.8. The number of carboxylic acids is 1. The van der Waals surface area contributed by atoms with Gasteiger partial charge in [-0.05, 0) is 13.8 Å². The Morgan fingerprint density at radius 3 is 2.23 bits per heavy atom. The van der Waals surface area contributed by atoms with Crippen molar-refractivity contribution in [1.29, 1.82) is 0 Å². The number of hydrogen-bond donors (Lipinski definition) is 1. The predicted molar refractivity (Wildman–Crippen MR) is 47.7 cm³/mol. The van der Waals surface area contributed by atoms with Crippen LogP contribution in [0.3, 0.4) is 0 Å². The molecule has 0 aliphatic heterocycles. The van der Waals surface area contributed by atoms with Crippen LogP contribution >= 0.6 is 0 Å². The molecule has 0 aromatic carbocycles. The fraction of sp³-hybridized carbons (Fsp3) is 0.714. The van der Waals surface area contributed by atoms with E-state index in [-0.39, 0.29) is 39.1 Å². The molecule has 1 atom stereocenters. The van der Waals surface area contributed by atoms with E-state index < -0.39 is 18.0 Å². The van der Waals surface area contributed by atoms with Crippen molar-refractivity contribution >= 4 is 35.0 Å². The Bertz CT molecular complexity index is 179. The van der Waals surface area contributed by atoms with Crippen molar-refractivity contribution in [2.24, 2.45) is 0 Å². The number of aliphatic carboxylic acids is 1. The minimum Gasteiger partial charge on any atom is -1.00 e. The van der Waals surface area contributed by atoms with Crippen molar-refractivity contribution in [2.75, 3.05) is 13.2 Å². The minimum atomic E-state index is -1.49. The molecule has 1 N–H and O–H groups in total. The Hall–Kier alpha value is -0.334. The molecule has 5 nitrogen and oxygen atoms in total. The summed E-state index contributed by atoms with van der Waals surface area (Å²) in [6.07, 6.45) is -1.49. The zero-order chi connectivity index (χ0) is 9.56. The molecule has 0 bridgehead atoms. The third-order valence-corrected chi connectivity index (χ3v) is 1.06. The van der Waals surface area contributed by atoms with Gasteiger partial charge in [0, 0.05) is 6.61 Å². The summed E-state index contributed by atoms with van der Waals surface area (Å²) in [5.41, 5.74) is 0. The first-order valence-corrected chi connectivity index (χ1v) is 3.64. The monoisotopic (exact) mass is 202 g/mol. The van der Waals surface area contributed by atoms with Crippen LogP contribution in [0.15, 0.2) is 0 Å².